The van der Waals surface area contributed by atoms with E-state index in [-0.39, 0.29) is 0 Å². The number of aromatic amines is 1. The molecule has 1 heterocycles. The van der Waals surface area contributed by atoms with E-state index in [1.165, 1.54) is 0 Å². The Balaban J connectivity index is 1.69. The Morgan fingerprint density at radius 1 is 1.23 bits per heavy atom. The first-order valence-corrected chi connectivity index (χ1v) is 9.20. The number of fused-ring (bicyclic) bond motifs is 1. The molecule has 0 aliphatic carbocycles. The maximum atomic E-state index is 12.3. The number of nitrogen functional groups attached to an aromatic ring is 1. The minimum absolute atomic E-state index is 0.304. The van der Waals surface area contributed by atoms with Crippen LogP contribution in [0.15, 0.2) is 42.5 Å². The van der Waals surface area contributed by atoms with Gasteiger partial charge in [-0.15, -0.1) is 0 Å². The maximum Gasteiger partial charge on any atom is 0.252 e. The van der Waals surface area contributed by atoms with Gasteiger partial charge in [-0.25, -0.2) is 4.39 Å². The molecule has 1 atom stereocenters. The number of carbonyl (C=O) groups excluding carboxylic acids is 2. The predicted octanol–water partition coefficient (Wildman–Crippen LogP) is 3.22. The summed E-state index contributed by atoms with van der Waals surface area (Å²) in [6, 6.07) is 13.1. The molecule has 0 saturated heterocycles. The SMILES string of the molecule is CCC(NC(=O)CF)C(=O)Nc1ccc(Oc2ccc3[nH]c(N)c(C#N)c3c2)cc1. The fourth-order valence-corrected chi connectivity index (χ4v) is 2.93. The van der Waals surface area contributed by atoms with Crippen LogP contribution in [0, 0.1) is 11.3 Å². The van der Waals surface area contributed by atoms with Gasteiger partial charge in [0, 0.05) is 16.6 Å². The number of benzene rings is 2. The third kappa shape index (κ3) is 4.50. The van der Waals surface area contributed by atoms with Crippen LogP contribution in [-0.2, 0) is 9.59 Å². The maximum absolute atomic E-state index is 12.3. The van der Waals surface area contributed by atoms with Crippen molar-refractivity contribution in [3.8, 4) is 17.6 Å². The number of nitrogens with two attached hydrogens (primary N) is 1. The van der Waals surface area contributed by atoms with Crippen LogP contribution < -0.4 is 21.1 Å². The molecule has 2 aromatic carbocycles. The lowest BCUT2D eigenvalue weighted by molar-refractivity contribution is -0.127. The van der Waals surface area contributed by atoms with E-state index in [4.69, 9.17) is 10.5 Å². The van der Waals surface area contributed by atoms with Gasteiger partial charge < -0.3 is 26.1 Å². The number of anilines is 2. The monoisotopic (exact) mass is 409 g/mol. The molecule has 0 radical (unpaired) electrons. The Labute approximate surface area is 171 Å². The van der Waals surface area contributed by atoms with Crippen molar-refractivity contribution in [2.75, 3.05) is 17.7 Å². The fraction of sp³-hybridized carbons (Fsp3) is 0.190. The highest BCUT2D eigenvalue weighted by atomic mass is 19.1. The first-order chi connectivity index (χ1) is 14.4. The van der Waals surface area contributed by atoms with Crippen molar-refractivity contribution in [2.45, 2.75) is 19.4 Å². The minimum Gasteiger partial charge on any atom is -0.457 e. The second-order valence-corrected chi connectivity index (χ2v) is 6.51. The van der Waals surface area contributed by atoms with Gasteiger partial charge >= 0.3 is 0 Å². The zero-order valence-corrected chi connectivity index (χ0v) is 16.2. The van der Waals surface area contributed by atoms with Crippen LogP contribution in [-0.4, -0.2) is 29.5 Å². The van der Waals surface area contributed by atoms with Gasteiger partial charge in [0.15, 0.2) is 6.67 Å². The number of amides is 2. The van der Waals surface area contributed by atoms with Crippen LogP contribution in [0.25, 0.3) is 10.9 Å². The molecule has 30 heavy (non-hydrogen) atoms. The van der Waals surface area contributed by atoms with E-state index in [0.717, 1.165) is 5.52 Å². The van der Waals surface area contributed by atoms with Crippen LogP contribution in [0.1, 0.15) is 18.9 Å². The number of hydrogen-bond acceptors (Lipinski definition) is 5. The molecular weight excluding hydrogens is 389 g/mol. The van der Waals surface area contributed by atoms with Crippen molar-refractivity contribution < 1.29 is 18.7 Å². The van der Waals surface area contributed by atoms with Gasteiger partial charge in [0.25, 0.3) is 5.91 Å². The number of rotatable bonds is 7. The van der Waals surface area contributed by atoms with Crippen molar-refractivity contribution in [3.05, 3.63) is 48.0 Å². The van der Waals surface area contributed by atoms with Crippen LogP contribution >= 0.6 is 0 Å². The molecule has 0 spiro atoms. The molecule has 0 fully saturated rings. The summed E-state index contributed by atoms with van der Waals surface area (Å²) in [7, 11) is 0. The van der Waals surface area contributed by atoms with E-state index in [9.17, 15) is 19.2 Å². The van der Waals surface area contributed by atoms with Crippen molar-refractivity contribution in [2.24, 2.45) is 0 Å². The number of carbonyl (C=O) groups is 2. The predicted molar refractivity (Wildman–Crippen MR) is 111 cm³/mol. The van der Waals surface area contributed by atoms with Gasteiger partial charge in [-0.2, -0.15) is 5.26 Å². The normalized spacial score (nSPS) is 11.5. The van der Waals surface area contributed by atoms with Gasteiger partial charge in [0.2, 0.25) is 5.91 Å². The molecular formula is C21H20FN5O3. The molecule has 0 saturated carbocycles. The molecule has 3 aromatic rings. The van der Waals surface area contributed by atoms with Gasteiger partial charge in [0.05, 0.1) is 0 Å². The molecule has 1 unspecified atom stereocenters. The summed E-state index contributed by atoms with van der Waals surface area (Å²) in [5.74, 6) is 0.0775. The number of alkyl halides is 1. The first kappa shape index (κ1) is 20.7. The van der Waals surface area contributed by atoms with E-state index in [1.54, 1.807) is 49.4 Å². The second-order valence-electron chi connectivity index (χ2n) is 6.51. The topological polar surface area (TPSA) is 133 Å². The highest BCUT2D eigenvalue weighted by Crippen LogP contribution is 2.30. The van der Waals surface area contributed by atoms with Gasteiger partial charge in [-0.3, -0.25) is 9.59 Å². The van der Waals surface area contributed by atoms with E-state index in [0.29, 0.717) is 40.4 Å². The van der Waals surface area contributed by atoms with Crippen LogP contribution in [0.5, 0.6) is 11.5 Å². The van der Waals surface area contributed by atoms with Crippen molar-refractivity contribution >= 4 is 34.2 Å². The highest BCUT2D eigenvalue weighted by Gasteiger charge is 2.18. The van der Waals surface area contributed by atoms with Crippen molar-refractivity contribution in [1.29, 1.82) is 5.26 Å². The Morgan fingerprint density at radius 3 is 2.57 bits per heavy atom. The third-order valence-corrected chi connectivity index (χ3v) is 4.45. The Morgan fingerprint density at radius 2 is 1.93 bits per heavy atom. The lowest BCUT2D eigenvalue weighted by atomic mass is 10.1. The number of aromatic nitrogens is 1. The van der Waals surface area contributed by atoms with E-state index in [1.807, 2.05) is 0 Å². The third-order valence-electron chi connectivity index (χ3n) is 4.45. The van der Waals surface area contributed by atoms with Gasteiger partial charge in [-0.05, 0) is 48.9 Å². The molecule has 3 rings (SSSR count). The Hall–Kier alpha value is -4.06. The van der Waals surface area contributed by atoms with Crippen LogP contribution in [0.2, 0.25) is 0 Å². The summed E-state index contributed by atoms with van der Waals surface area (Å²) in [6.07, 6.45) is 0.329. The number of H-pyrrole nitrogens is 1. The summed E-state index contributed by atoms with van der Waals surface area (Å²) in [4.78, 5) is 26.3. The number of nitriles is 1. The van der Waals surface area contributed by atoms with Crippen molar-refractivity contribution in [1.82, 2.24) is 10.3 Å². The van der Waals surface area contributed by atoms with Crippen molar-refractivity contribution in [3.63, 3.8) is 0 Å². The van der Waals surface area contributed by atoms with E-state index < -0.39 is 24.5 Å². The molecule has 1 aromatic heterocycles. The van der Waals surface area contributed by atoms with Crippen LogP contribution in [0.3, 0.4) is 0 Å². The highest BCUT2D eigenvalue weighted by molar-refractivity contribution is 5.97. The molecule has 0 aliphatic rings. The molecule has 8 nitrogen and oxygen atoms in total. The number of ether oxygens (including phenoxy) is 1. The van der Waals surface area contributed by atoms with Crippen LogP contribution in [0.4, 0.5) is 15.9 Å². The number of hydrogen-bond donors (Lipinski definition) is 4. The molecule has 154 valence electrons. The second kappa shape index (κ2) is 8.96. The summed E-state index contributed by atoms with van der Waals surface area (Å²) >= 11 is 0. The zero-order valence-electron chi connectivity index (χ0n) is 16.2. The van der Waals surface area contributed by atoms with E-state index in [2.05, 4.69) is 21.7 Å². The quantitative estimate of drug-likeness (QED) is 0.475. The zero-order chi connectivity index (χ0) is 21.7. The number of nitrogens with one attached hydrogen (secondary N) is 3. The molecule has 0 aliphatic heterocycles. The summed E-state index contributed by atoms with van der Waals surface area (Å²) in [6.45, 7) is 0.541. The summed E-state index contributed by atoms with van der Waals surface area (Å²) in [5, 5.41) is 14.9. The van der Waals surface area contributed by atoms with Gasteiger partial charge in [0.1, 0.15) is 35.0 Å². The lowest BCUT2D eigenvalue weighted by Gasteiger charge is -2.16. The molecule has 9 heteroatoms. The molecule has 0 bridgehead atoms. The first-order valence-electron chi connectivity index (χ1n) is 9.20. The molecule has 5 N–H and O–H groups in total. The summed E-state index contributed by atoms with van der Waals surface area (Å²) < 4.78 is 18.2. The Bertz CT molecular complexity index is 1120. The smallest absolute Gasteiger partial charge is 0.252 e. The fourth-order valence-electron chi connectivity index (χ4n) is 2.93. The standard InChI is InChI=1S/C21H20FN5O3/c1-2-17(26-19(28)10-22)21(29)25-12-3-5-13(6-4-12)30-14-7-8-18-15(9-14)16(11-23)20(24)27-18/h3-9,17,27H,2,10,24H2,1H3,(H,25,29)(H,26,28). The lowest BCUT2D eigenvalue weighted by Crippen LogP contribution is -2.43. The largest absolute Gasteiger partial charge is 0.457 e. The van der Waals surface area contributed by atoms with E-state index >= 15 is 0 Å². The number of halogens is 1. The Kier molecular flexibility index (Phi) is 6.17. The average molecular weight is 409 g/mol. The average Bonchev–Trinajstić information content (AvgIpc) is 3.07. The molecule has 2 amide bonds. The summed E-state index contributed by atoms with van der Waals surface area (Å²) in [5.41, 5.74) is 7.39. The minimum atomic E-state index is -1.17. The van der Waals surface area contributed by atoms with Gasteiger partial charge in [-0.1, -0.05) is 6.92 Å². The number of nitrogens with zero attached hydrogens (tertiary/aromatic N) is 1.